The van der Waals surface area contributed by atoms with Crippen molar-refractivity contribution in [3.8, 4) is 0 Å². The first-order valence-electron chi connectivity index (χ1n) is 9.79. The number of alkyl halides is 13. The lowest BCUT2D eigenvalue weighted by Gasteiger charge is -2.40. The van der Waals surface area contributed by atoms with Crippen LogP contribution in [0.5, 0.6) is 0 Å². The zero-order valence-corrected chi connectivity index (χ0v) is 19.8. The second kappa shape index (κ2) is 11.8. The van der Waals surface area contributed by atoms with E-state index in [-0.39, 0.29) is 11.8 Å². The zero-order chi connectivity index (χ0) is 30.1. The minimum Gasteiger partial charge on any atom is -0.394 e. The predicted molar refractivity (Wildman–Crippen MR) is 105 cm³/mol. The summed E-state index contributed by atoms with van der Waals surface area (Å²) in [5.74, 6) is -39.0. The minimum atomic E-state index is -7.96. The molecule has 1 rings (SSSR count). The largest absolute Gasteiger partial charge is 0.460 e. The van der Waals surface area contributed by atoms with E-state index in [0.717, 1.165) is 0 Å². The monoisotopic (exact) mass is 630 g/mol. The number of thioether (sulfide) groups is 1. The van der Waals surface area contributed by atoms with Crippen molar-refractivity contribution in [2.75, 3.05) is 18.2 Å². The highest BCUT2D eigenvalue weighted by molar-refractivity contribution is 7.99. The Bertz CT molecular complexity index is 819. The summed E-state index contributed by atoms with van der Waals surface area (Å²) in [6.45, 7) is -0.809. The van der Waals surface area contributed by atoms with Crippen LogP contribution in [0.2, 0.25) is 0 Å². The summed E-state index contributed by atoms with van der Waals surface area (Å²) < 4.78 is 175. The molecule has 5 atom stereocenters. The van der Waals surface area contributed by atoms with Gasteiger partial charge in [-0.05, 0) is 12.2 Å². The maximum atomic E-state index is 13.7. The number of ether oxygens (including phenoxy) is 1. The molecule has 38 heavy (non-hydrogen) atoms. The molecule has 1 aliphatic heterocycles. The van der Waals surface area contributed by atoms with Crippen molar-refractivity contribution in [1.29, 1.82) is 0 Å². The molecule has 0 amide bonds. The van der Waals surface area contributed by atoms with Crippen molar-refractivity contribution < 1.29 is 82.2 Å². The second-order valence-corrected chi connectivity index (χ2v) is 9.22. The summed E-state index contributed by atoms with van der Waals surface area (Å²) in [7, 11) is 0. The van der Waals surface area contributed by atoms with Gasteiger partial charge in [0.1, 0.15) is 24.4 Å². The zero-order valence-electron chi connectivity index (χ0n) is 18.1. The summed E-state index contributed by atoms with van der Waals surface area (Å²) in [6.07, 6.45) is -18.1. The highest BCUT2D eigenvalue weighted by Gasteiger charge is 2.90. The Labute approximate surface area is 213 Å². The molecule has 0 aromatic heterocycles. The lowest BCUT2D eigenvalue weighted by Crippen LogP contribution is -2.70. The van der Waals surface area contributed by atoms with E-state index in [0.29, 0.717) is 0 Å². The minimum absolute atomic E-state index is 0.176. The fraction of sp³-hybridized carbons (Fsp3) is 0.938. The van der Waals surface area contributed by atoms with Crippen molar-refractivity contribution in [3.63, 3.8) is 0 Å². The average molecular weight is 630 g/mol. The SMILES string of the molecule is OCC1OC(NC(=S)NCSCCC(F)(F)C(F)(F)C(F)(F)C(F)(F)C(F)(F)C(F)(F)F)C(O)C(O)C1O. The molecule has 226 valence electrons. The Hall–Kier alpha value is -1.07. The second-order valence-electron chi connectivity index (χ2n) is 7.70. The Morgan fingerprint density at radius 2 is 1.26 bits per heavy atom. The normalized spacial score (nSPS) is 26.3. The third kappa shape index (κ3) is 6.45. The summed E-state index contributed by atoms with van der Waals surface area (Å²) in [5.41, 5.74) is 0. The Morgan fingerprint density at radius 1 is 0.763 bits per heavy atom. The molecule has 7 nitrogen and oxygen atoms in total. The fourth-order valence-electron chi connectivity index (χ4n) is 2.75. The van der Waals surface area contributed by atoms with Crippen LogP contribution in [0.4, 0.5) is 57.1 Å². The van der Waals surface area contributed by atoms with Gasteiger partial charge in [0, 0.05) is 12.2 Å². The molecule has 0 aromatic carbocycles. The van der Waals surface area contributed by atoms with Crippen LogP contribution < -0.4 is 10.6 Å². The van der Waals surface area contributed by atoms with Crippen molar-refractivity contribution in [2.24, 2.45) is 0 Å². The summed E-state index contributed by atoms with van der Waals surface area (Å²) >= 11 is 4.90. The number of halogens is 13. The quantitative estimate of drug-likeness (QED) is 0.0885. The first-order valence-corrected chi connectivity index (χ1v) is 11.4. The maximum absolute atomic E-state index is 13.7. The molecule has 0 aliphatic carbocycles. The molecule has 1 aliphatic rings. The van der Waals surface area contributed by atoms with Crippen LogP contribution in [-0.4, -0.2) is 110 Å². The van der Waals surface area contributed by atoms with Gasteiger partial charge in [-0.3, -0.25) is 0 Å². The molecule has 0 saturated carbocycles. The van der Waals surface area contributed by atoms with Crippen LogP contribution in [0.15, 0.2) is 0 Å². The lowest BCUT2D eigenvalue weighted by atomic mass is 9.93. The van der Waals surface area contributed by atoms with Gasteiger partial charge < -0.3 is 35.8 Å². The van der Waals surface area contributed by atoms with Crippen molar-refractivity contribution in [3.05, 3.63) is 0 Å². The number of rotatable bonds is 11. The van der Waals surface area contributed by atoms with Gasteiger partial charge in [-0.1, -0.05) is 0 Å². The number of hydrogen-bond acceptors (Lipinski definition) is 7. The summed E-state index contributed by atoms with van der Waals surface area (Å²) in [5, 5.41) is 42.1. The highest BCUT2D eigenvalue weighted by atomic mass is 32.2. The number of aliphatic hydroxyl groups excluding tert-OH is 4. The Kier molecular flexibility index (Phi) is 10.9. The molecule has 22 heteroatoms. The van der Waals surface area contributed by atoms with Crippen LogP contribution in [0.3, 0.4) is 0 Å². The summed E-state index contributed by atoms with van der Waals surface area (Å²) in [4.78, 5) is 0. The Balaban J connectivity index is 2.73. The van der Waals surface area contributed by atoms with Gasteiger partial charge in [0.25, 0.3) is 0 Å². The number of nitrogens with one attached hydrogen (secondary N) is 2. The van der Waals surface area contributed by atoms with Crippen molar-refractivity contribution >= 4 is 29.1 Å². The number of hydrogen-bond donors (Lipinski definition) is 6. The van der Waals surface area contributed by atoms with Crippen LogP contribution in [0.1, 0.15) is 6.42 Å². The molecule has 0 aromatic rings. The lowest BCUT2D eigenvalue weighted by molar-refractivity contribution is -0.439. The van der Waals surface area contributed by atoms with E-state index in [4.69, 9.17) is 22.1 Å². The molecule has 1 heterocycles. The van der Waals surface area contributed by atoms with E-state index in [1.54, 1.807) is 0 Å². The highest BCUT2D eigenvalue weighted by Crippen LogP contribution is 2.60. The van der Waals surface area contributed by atoms with E-state index in [9.17, 15) is 72.4 Å². The van der Waals surface area contributed by atoms with Gasteiger partial charge in [0.05, 0.1) is 12.5 Å². The maximum Gasteiger partial charge on any atom is 0.460 e. The molecule has 1 saturated heterocycles. The van der Waals surface area contributed by atoms with E-state index in [2.05, 4.69) is 10.6 Å². The van der Waals surface area contributed by atoms with Crippen LogP contribution in [0.25, 0.3) is 0 Å². The van der Waals surface area contributed by atoms with Gasteiger partial charge in [-0.25, -0.2) is 0 Å². The topological polar surface area (TPSA) is 114 Å². The van der Waals surface area contributed by atoms with Gasteiger partial charge >= 0.3 is 35.8 Å². The van der Waals surface area contributed by atoms with E-state index < -0.39 is 96.2 Å². The van der Waals surface area contributed by atoms with Crippen molar-refractivity contribution in [2.45, 2.75) is 72.9 Å². The van der Waals surface area contributed by atoms with Gasteiger partial charge in [0.2, 0.25) is 0 Å². The molecule has 6 N–H and O–H groups in total. The van der Waals surface area contributed by atoms with Gasteiger partial charge in [0.15, 0.2) is 11.3 Å². The molecule has 0 bridgehead atoms. The predicted octanol–water partition coefficient (Wildman–Crippen LogP) is 2.07. The molecule has 1 fully saturated rings. The third-order valence-electron chi connectivity index (χ3n) is 5.06. The number of thiocarbonyl (C=S) groups is 1. The fourth-order valence-corrected chi connectivity index (χ4v) is 3.82. The smallest absolute Gasteiger partial charge is 0.394 e. The molecule has 0 spiro atoms. The van der Waals surface area contributed by atoms with E-state index in [1.807, 2.05) is 0 Å². The van der Waals surface area contributed by atoms with Crippen LogP contribution >= 0.6 is 24.0 Å². The van der Waals surface area contributed by atoms with E-state index in [1.165, 1.54) is 0 Å². The average Bonchev–Trinajstić information content (AvgIpc) is 2.77. The molecule has 0 radical (unpaired) electrons. The third-order valence-corrected chi connectivity index (χ3v) is 6.16. The van der Waals surface area contributed by atoms with Gasteiger partial charge in [-0.15, -0.1) is 11.8 Å². The van der Waals surface area contributed by atoms with Gasteiger partial charge in [-0.2, -0.15) is 57.1 Å². The Morgan fingerprint density at radius 3 is 1.74 bits per heavy atom. The molecular formula is C16H19F13N2O5S2. The van der Waals surface area contributed by atoms with Crippen LogP contribution in [0, 0.1) is 0 Å². The molecular weight excluding hydrogens is 611 g/mol. The molecule has 5 unspecified atom stereocenters. The first-order chi connectivity index (χ1) is 16.9. The van der Waals surface area contributed by atoms with E-state index >= 15 is 0 Å². The van der Waals surface area contributed by atoms with Crippen LogP contribution in [-0.2, 0) is 4.74 Å². The number of aliphatic hydroxyl groups is 4. The summed E-state index contributed by atoms with van der Waals surface area (Å²) in [6, 6.07) is 0. The standard InChI is InChI=1S/C16H19F13N2O5S2/c17-11(18,12(19,20)13(21,22)14(23,24)15(25,26)16(27,28)29)1-2-38-4-30-10(37)31-9-8(35)7(34)6(33)5(3-32)36-9/h5-9,32-35H,1-4H2,(H2,30,31,37). The van der Waals surface area contributed by atoms with Crippen molar-refractivity contribution in [1.82, 2.24) is 10.6 Å². The first kappa shape index (κ1) is 35.0.